The van der Waals surface area contributed by atoms with Crippen molar-refractivity contribution in [1.82, 2.24) is 10.2 Å². The summed E-state index contributed by atoms with van der Waals surface area (Å²) in [5.41, 5.74) is 1.49. The van der Waals surface area contributed by atoms with Crippen LogP contribution in [-0.4, -0.2) is 42.7 Å². The fourth-order valence-electron chi connectivity index (χ4n) is 3.43. The van der Waals surface area contributed by atoms with E-state index in [0.717, 1.165) is 50.3 Å². The monoisotopic (exact) mass is 372 g/mol. The summed E-state index contributed by atoms with van der Waals surface area (Å²) in [4.78, 5) is 14.4. The Kier molecular flexibility index (Phi) is 5.78. The first-order chi connectivity index (χ1) is 11.1. The SMILES string of the molecule is O=C(CSCc1ccc(Cl)cc1Cl)N1CCC2(CCNC2)CC1. The van der Waals surface area contributed by atoms with E-state index in [0.29, 0.717) is 21.2 Å². The molecule has 1 spiro atoms. The molecule has 0 unspecified atom stereocenters. The summed E-state index contributed by atoms with van der Waals surface area (Å²) in [6.45, 7) is 4.07. The van der Waals surface area contributed by atoms with Crippen LogP contribution in [0, 0.1) is 5.41 Å². The minimum Gasteiger partial charge on any atom is -0.342 e. The molecule has 23 heavy (non-hydrogen) atoms. The first-order valence-electron chi connectivity index (χ1n) is 8.08. The number of piperidine rings is 1. The number of benzene rings is 1. The van der Waals surface area contributed by atoms with Crippen LogP contribution in [0.25, 0.3) is 0 Å². The summed E-state index contributed by atoms with van der Waals surface area (Å²) in [5, 5.41) is 4.77. The van der Waals surface area contributed by atoms with Crippen LogP contribution in [0.5, 0.6) is 0 Å². The number of carbonyl (C=O) groups is 1. The first-order valence-corrected chi connectivity index (χ1v) is 9.99. The van der Waals surface area contributed by atoms with E-state index in [1.165, 1.54) is 6.42 Å². The van der Waals surface area contributed by atoms with Crippen LogP contribution in [0.1, 0.15) is 24.8 Å². The quantitative estimate of drug-likeness (QED) is 0.871. The Morgan fingerprint density at radius 2 is 2.04 bits per heavy atom. The number of nitrogens with one attached hydrogen (secondary N) is 1. The highest BCUT2D eigenvalue weighted by atomic mass is 35.5. The molecule has 3 nitrogen and oxygen atoms in total. The molecule has 3 rings (SSSR count). The lowest BCUT2D eigenvalue weighted by Crippen LogP contribution is -2.44. The standard InChI is InChI=1S/C17H22Cl2N2OS/c18-14-2-1-13(15(19)9-14)10-23-11-16(22)21-7-4-17(5-8-21)3-6-20-12-17/h1-2,9,20H,3-8,10-12H2. The number of carbonyl (C=O) groups excluding carboxylic acids is 1. The van der Waals surface area contributed by atoms with E-state index >= 15 is 0 Å². The van der Waals surface area contributed by atoms with Crippen LogP contribution >= 0.6 is 35.0 Å². The molecule has 0 aliphatic carbocycles. The third kappa shape index (κ3) is 4.36. The number of hydrogen-bond acceptors (Lipinski definition) is 3. The molecule has 1 aromatic rings. The second-order valence-corrected chi connectivity index (χ2v) is 8.37. The molecule has 0 radical (unpaired) electrons. The van der Waals surface area contributed by atoms with E-state index in [1.807, 2.05) is 17.0 Å². The second-order valence-electron chi connectivity index (χ2n) is 6.54. The Hall–Kier alpha value is -0.420. The molecule has 2 saturated heterocycles. The summed E-state index contributed by atoms with van der Waals surface area (Å²) in [7, 11) is 0. The minimum atomic E-state index is 0.251. The lowest BCUT2D eigenvalue weighted by Gasteiger charge is -2.38. The normalized spacial score (nSPS) is 20.2. The minimum absolute atomic E-state index is 0.251. The van der Waals surface area contributed by atoms with E-state index in [1.54, 1.807) is 17.8 Å². The molecular formula is C17H22Cl2N2OS. The zero-order valence-electron chi connectivity index (χ0n) is 13.1. The van der Waals surface area contributed by atoms with Gasteiger partial charge < -0.3 is 10.2 Å². The van der Waals surface area contributed by atoms with Gasteiger partial charge in [0.15, 0.2) is 0 Å². The summed E-state index contributed by atoms with van der Waals surface area (Å²) >= 11 is 13.7. The molecule has 0 bridgehead atoms. The van der Waals surface area contributed by atoms with Crippen LogP contribution in [0.4, 0.5) is 0 Å². The fourth-order valence-corrected chi connectivity index (χ4v) is 4.92. The number of likely N-dealkylation sites (tertiary alicyclic amines) is 1. The predicted octanol–water partition coefficient (Wildman–Crippen LogP) is 3.83. The molecular weight excluding hydrogens is 351 g/mol. The molecule has 2 heterocycles. The van der Waals surface area contributed by atoms with Gasteiger partial charge in [-0.1, -0.05) is 29.3 Å². The topological polar surface area (TPSA) is 32.3 Å². The van der Waals surface area contributed by atoms with Crippen molar-refractivity contribution in [2.45, 2.75) is 25.0 Å². The van der Waals surface area contributed by atoms with Crippen molar-refractivity contribution in [2.75, 3.05) is 31.9 Å². The molecule has 1 amide bonds. The summed E-state index contributed by atoms with van der Waals surface area (Å²) in [5.74, 6) is 1.51. The van der Waals surface area contributed by atoms with Gasteiger partial charge in [0.1, 0.15) is 0 Å². The number of nitrogens with zero attached hydrogens (tertiary/aromatic N) is 1. The highest BCUT2D eigenvalue weighted by molar-refractivity contribution is 7.99. The Labute approximate surface area is 152 Å². The first kappa shape index (κ1) is 17.4. The lowest BCUT2D eigenvalue weighted by atomic mass is 9.78. The van der Waals surface area contributed by atoms with Gasteiger partial charge in [0, 0.05) is 35.4 Å². The highest BCUT2D eigenvalue weighted by Crippen LogP contribution is 2.37. The maximum Gasteiger partial charge on any atom is 0.232 e. The maximum atomic E-state index is 12.4. The van der Waals surface area contributed by atoms with Crippen molar-refractivity contribution in [3.63, 3.8) is 0 Å². The van der Waals surface area contributed by atoms with Crippen molar-refractivity contribution < 1.29 is 4.79 Å². The average molecular weight is 373 g/mol. The molecule has 0 aromatic heterocycles. The largest absolute Gasteiger partial charge is 0.342 e. The van der Waals surface area contributed by atoms with E-state index in [4.69, 9.17) is 23.2 Å². The van der Waals surface area contributed by atoms with Crippen LogP contribution in [-0.2, 0) is 10.5 Å². The van der Waals surface area contributed by atoms with Crippen molar-refractivity contribution in [1.29, 1.82) is 0 Å². The molecule has 1 aromatic carbocycles. The van der Waals surface area contributed by atoms with Gasteiger partial charge in [-0.2, -0.15) is 0 Å². The van der Waals surface area contributed by atoms with Crippen LogP contribution in [0.15, 0.2) is 18.2 Å². The predicted molar refractivity (Wildman–Crippen MR) is 98.4 cm³/mol. The summed E-state index contributed by atoms with van der Waals surface area (Å²) in [6.07, 6.45) is 3.54. The molecule has 6 heteroatoms. The van der Waals surface area contributed by atoms with Crippen molar-refractivity contribution >= 4 is 40.9 Å². The number of halogens is 2. The lowest BCUT2D eigenvalue weighted by molar-refractivity contribution is -0.130. The maximum absolute atomic E-state index is 12.4. The molecule has 1 N–H and O–H groups in total. The highest BCUT2D eigenvalue weighted by Gasteiger charge is 2.37. The van der Waals surface area contributed by atoms with Gasteiger partial charge in [0.2, 0.25) is 5.91 Å². The van der Waals surface area contributed by atoms with Gasteiger partial charge in [-0.15, -0.1) is 11.8 Å². The molecule has 2 aliphatic rings. The molecule has 2 aliphatic heterocycles. The summed E-state index contributed by atoms with van der Waals surface area (Å²) in [6, 6.07) is 5.52. The van der Waals surface area contributed by atoms with Crippen molar-refractivity contribution in [3.8, 4) is 0 Å². The van der Waals surface area contributed by atoms with Crippen LogP contribution in [0.2, 0.25) is 10.0 Å². The number of hydrogen-bond donors (Lipinski definition) is 1. The Bertz CT molecular complexity index is 566. The van der Waals surface area contributed by atoms with Crippen LogP contribution < -0.4 is 5.32 Å². The van der Waals surface area contributed by atoms with E-state index < -0.39 is 0 Å². The fraction of sp³-hybridized carbons (Fsp3) is 0.588. The summed E-state index contributed by atoms with van der Waals surface area (Å²) < 4.78 is 0. The zero-order valence-corrected chi connectivity index (χ0v) is 15.4. The van der Waals surface area contributed by atoms with Crippen molar-refractivity contribution in [2.24, 2.45) is 5.41 Å². The van der Waals surface area contributed by atoms with E-state index in [9.17, 15) is 4.79 Å². The molecule has 0 atom stereocenters. The third-order valence-corrected chi connectivity index (χ3v) is 6.56. The van der Waals surface area contributed by atoms with Gasteiger partial charge in [-0.25, -0.2) is 0 Å². The van der Waals surface area contributed by atoms with Gasteiger partial charge in [0.05, 0.1) is 5.75 Å². The second kappa shape index (κ2) is 7.64. The Balaban J connectivity index is 1.43. The number of rotatable bonds is 4. The molecule has 2 fully saturated rings. The smallest absolute Gasteiger partial charge is 0.232 e. The van der Waals surface area contributed by atoms with Gasteiger partial charge in [-0.3, -0.25) is 4.79 Å². The zero-order chi connectivity index (χ0) is 16.3. The van der Waals surface area contributed by atoms with Crippen LogP contribution in [0.3, 0.4) is 0 Å². The van der Waals surface area contributed by atoms with Gasteiger partial charge >= 0.3 is 0 Å². The molecule has 0 saturated carbocycles. The average Bonchev–Trinajstić information content (AvgIpc) is 2.98. The number of amides is 1. The van der Waals surface area contributed by atoms with Crippen molar-refractivity contribution in [3.05, 3.63) is 33.8 Å². The third-order valence-electron chi connectivity index (χ3n) is 5.01. The number of thioether (sulfide) groups is 1. The molecule has 126 valence electrons. The Morgan fingerprint density at radius 3 is 2.70 bits per heavy atom. The van der Waals surface area contributed by atoms with E-state index in [2.05, 4.69) is 5.32 Å². The Morgan fingerprint density at radius 1 is 1.26 bits per heavy atom. The van der Waals surface area contributed by atoms with Gasteiger partial charge in [-0.05, 0) is 48.9 Å². The van der Waals surface area contributed by atoms with Gasteiger partial charge in [0.25, 0.3) is 0 Å². The van der Waals surface area contributed by atoms with E-state index in [-0.39, 0.29) is 5.91 Å².